The van der Waals surface area contributed by atoms with Crippen molar-refractivity contribution >= 4 is 45.4 Å². The molecule has 5 rings (SSSR count). The van der Waals surface area contributed by atoms with Crippen molar-refractivity contribution in [3.63, 3.8) is 0 Å². The summed E-state index contributed by atoms with van der Waals surface area (Å²) in [7, 11) is 0. The lowest BCUT2D eigenvalue weighted by Crippen LogP contribution is -2.38. The maximum Gasteiger partial charge on any atom is 0.256 e. The van der Waals surface area contributed by atoms with Crippen LogP contribution in [-0.4, -0.2) is 5.91 Å². The number of nitrogens with one attached hydrogen (secondary N) is 2. The van der Waals surface area contributed by atoms with Crippen LogP contribution < -0.4 is 10.6 Å². The Morgan fingerprint density at radius 1 is 1.14 bits per heavy atom. The van der Waals surface area contributed by atoms with Gasteiger partial charge in [0.15, 0.2) is 6.17 Å². The Morgan fingerprint density at radius 2 is 2.00 bits per heavy atom. The Balaban J connectivity index is 1.44. The Kier molecular flexibility index (Phi) is 4.42. The minimum Gasteiger partial charge on any atom is -0.457 e. The molecule has 2 aromatic heterocycles. The summed E-state index contributed by atoms with van der Waals surface area (Å²) < 4.78 is 6.01. The average molecular weight is 433 g/mol. The summed E-state index contributed by atoms with van der Waals surface area (Å²) in [5, 5.41) is 8.41. The summed E-state index contributed by atoms with van der Waals surface area (Å²) in [6, 6.07) is 9.11. The molecule has 0 saturated heterocycles. The molecule has 0 spiro atoms. The molecule has 2 N–H and O–H groups in total. The number of furan rings is 1. The van der Waals surface area contributed by atoms with E-state index in [4.69, 9.17) is 27.6 Å². The van der Waals surface area contributed by atoms with Crippen LogP contribution in [0.15, 0.2) is 34.7 Å². The quantitative estimate of drug-likeness (QED) is 0.499. The lowest BCUT2D eigenvalue weighted by atomic mass is 9.88. The molecule has 7 heteroatoms. The van der Waals surface area contributed by atoms with E-state index in [1.165, 1.54) is 10.4 Å². The van der Waals surface area contributed by atoms with Gasteiger partial charge in [-0.15, -0.1) is 11.3 Å². The molecule has 3 heterocycles. The van der Waals surface area contributed by atoms with Crippen molar-refractivity contribution in [2.75, 3.05) is 5.32 Å². The maximum absolute atomic E-state index is 12.8. The standard InChI is InChI=1S/C21H18Cl2N2O2S/c1-10-2-4-12-17(8-10)28-21-18(12)20(26)24-19(25-21)16-7-6-15(27-16)11-3-5-13(22)14(23)9-11/h3,5-7,9-10,19,25H,2,4,8H2,1H3,(H,24,26)/t10-,19-/m1/s1. The van der Waals surface area contributed by atoms with E-state index in [1.807, 2.05) is 18.2 Å². The molecule has 1 amide bonds. The van der Waals surface area contributed by atoms with Gasteiger partial charge in [0.1, 0.15) is 16.5 Å². The van der Waals surface area contributed by atoms with Crippen molar-refractivity contribution in [3.05, 3.63) is 62.1 Å². The molecule has 4 nitrogen and oxygen atoms in total. The van der Waals surface area contributed by atoms with Crippen LogP contribution in [0.5, 0.6) is 0 Å². The van der Waals surface area contributed by atoms with Gasteiger partial charge < -0.3 is 15.1 Å². The third-order valence-electron chi connectivity index (χ3n) is 5.41. The van der Waals surface area contributed by atoms with Crippen LogP contribution in [0.2, 0.25) is 10.0 Å². The third kappa shape index (κ3) is 3.02. The lowest BCUT2D eigenvalue weighted by Gasteiger charge is -2.25. The van der Waals surface area contributed by atoms with E-state index in [9.17, 15) is 4.79 Å². The number of halogens is 2. The summed E-state index contributed by atoms with van der Waals surface area (Å²) in [5.41, 5.74) is 2.88. The van der Waals surface area contributed by atoms with Gasteiger partial charge in [-0.3, -0.25) is 4.79 Å². The number of amides is 1. The van der Waals surface area contributed by atoms with Crippen LogP contribution >= 0.6 is 34.5 Å². The third-order valence-corrected chi connectivity index (χ3v) is 7.33. The van der Waals surface area contributed by atoms with Gasteiger partial charge in [0.05, 0.1) is 15.6 Å². The van der Waals surface area contributed by atoms with Crippen LogP contribution in [-0.2, 0) is 12.8 Å². The van der Waals surface area contributed by atoms with Gasteiger partial charge in [-0.25, -0.2) is 0 Å². The highest BCUT2D eigenvalue weighted by Crippen LogP contribution is 2.43. The number of carbonyl (C=O) groups is 1. The van der Waals surface area contributed by atoms with E-state index in [0.717, 1.165) is 35.4 Å². The molecule has 1 aromatic carbocycles. The van der Waals surface area contributed by atoms with Gasteiger partial charge in [-0.2, -0.15) is 0 Å². The molecule has 2 atom stereocenters. The van der Waals surface area contributed by atoms with Crippen molar-refractivity contribution in [2.24, 2.45) is 5.92 Å². The van der Waals surface area contributed by atoms with Gasteiger partial charge in [-0.1, -0.05) is 30.1 Å². The highest BCUT2D eigenvalue weighted by molar-refractivity contribution is 7.16. The number of carbonyl (C=O) groups excluding carboxylic acids is 1. The number of hydrogen-bond acceptors (Lipinski definition) is 4. The predicted octanol–water partition coefficient (Wildman–Crippen LogP) is 6.29. The first-order valence-corrected chi connectivity index (χ1v) is 10.8. The summed E-state index contributed by atoms with van der Waals surface area (Å²) >= 11 is 13.8. The van der Waals surface area contributed by atoms with E-state index >= 15 is 0 Å². The predicted molar refractivity (Wildman–Crippen MR) is 114 cm³/mol. The topological polar surface area (TPSA) is 54.3 Å². The van der Waals surface area contributed by atoms with E-state index in [1.54, 1.807) is 23.5 Å². The summed E-state index contributed by atoms with van der Waals surface area (Å²) in [4.78, 5) is 14.2. The molecule has 144 valence electrons. The molecule has 3 aromatic rings. The largest absolute Gasteiger partial charge is 0.457 e. The minimum atomic E-state index is -0.394. The molecule has 0 radical (unpaired) electrons. The number of anilines is 1. The smallest absolute Gasteiger partial charge is 0.256 e. The molecule has 0 unspecified atom stereocenters. The Bertz CT molecular complexity index is 1090. The molecule has 0 saturated carbocycles. The highest BCUT2D eigenvalue weighted by atomic mass is 35.5. The van der Waals surface area contributed by atoms with Gasteiger partial charge in [0.25, 0.3) is 5.91 Å². The number of fused-ring (bicyclic) bond motifs is 3. The van der Waals surface area contributed by atoms with Gasteiger partial charge in [0.2, 0.25) is 0 Å². The number of rotatable bonds is 2. The first kappa shape index (κ1) is 18.1. The second-order valence-corrected chi connectivity index (χ2v) is 9.36. The lowest BCUT2D eigenvalue weighted by molar-refractivity contribution is 0.0930. The fourth-order valence-corrected chi connectivity index (χ4v) is 5.65. The van der Waals surface area contributed by atoms with Crippen LogP contribution in [0.1, 0.15) is 46.1 Å². The highest BCUT2D eigenvalue weighted by Gasteiger charge is 2.34. The Labute approximate surface area is 176 Å². The number of benzene rings is 1. The molecule has 0 bridgehead atoms. The maximum atomic E-state index is 12.8. The first-order valence-electron chi connectivity index (χ1n) is 9.26. The van der Waals surface area contributed by atoms with E-state index in [2.05, 4.69) is 17.6 Å². The van der Waals surface area contributed by atoms with Crippen molar-refractivity contribution in [1.82, 2.24) is 5.32 Å². The summed E-state index contributed by atoms with van der Waals surface area (Å²) in [6.45, 7) is 2.27. The zero-order valence-electron chi connectivity index (χ0n) is 15.1. The van der Waals surface area contributed by atoms with Crippen LogP contribution in [0.4, 0.5) is 5.00 Å². The van der Waals surface area contributed by atoms with Gasteiger partial charge >= 0.3 is 0 Å². The summed E-state index contributed by atoms with van der Waals surface area (Å²) in [6.07, 6.45) is 2.77. The van der Waals surface area contributed by atoms with Crippen LogP contribution in [0, 0.1) is 5.92 Å². The molecule has 28 heavy (non-hydrogen) atoms. The van der Waals surface area contributed by atoms with Crippen molar-refractivity contribution < 1.29 is 9.21 Å². The molecule has 1 aliphatic heterocycles. The monoisotopic (exact) mass is 432 g/mol. The number of hydrogen-bond donors (Lipinski definition) is 2. The molecule has 2 aliphatic rings. The van der Waals surface area contributed by atoms with Crippen LogP contribution in [0.25, 0.3) is 11.3 Å². The van der Waals surface area contributed by atoms with Crippen molar-refractivity contribution in [1.29, 1.82) is 0 Å². The van der Waals surface area contributed by atoms with E-state index < -0.39 is 6.17 Å². The minimum absolute atomic E-state index is 0.0294. The SMILES string of the molecule is C[C@@H]1CCc2c(sc3c2C(=O)N[C@@H](c2ccc(-c4ccc(Cl)c(Cl)c4)o2)N3)C1. The molecule has 0 fully saturated rings. The van der Waals surface area contributed by atoms with Crippen LogP contribution in [0.3, 0.4) is 0 Å². The summed E-state index contributed by atoms with van der Waals surface area (Å²) in [5.74, 6) is 1.97. The van der Waals surface area contributed by atoms with Crippen molar-refractivity contribution in [3.8, 4) is 11.3 Å². The fraction of sp³-hybridized carbons (Fsp3) is 0.286. The first-order chi connectivity index (χ1) is 13.5. The number of thiophene rings is 1. The second-order valence-electron chi connectivity index (χ2n) is 7.44. The molecular weight excluding hydrogens is 415 g/mol. The van der Waals surface area contributed by atoms with Crippen molar-refractivity contribution in [2.45, 2.75) is 32.4 Å². The molecular formula is C21H18Cl2N2O2S. The Hall–Kier alpha value is -1.95. The van der Waals surface area contributed by atoms with E-state index in [0.29, 0.717) is 27.5 Å². The van der Waals surface area contributed by atoms with Gasteiger partial charge in [-0.05, 0) is 61.1 Å². The van der Waals surface area contributed by atoms with E-state index in [-0.39, 0.29) is 5.91 Å². The second kappa shape index (κ2) is 6.83. The fourth-order valence-electron chi connectivity index (χ4n) is 3.92. The average Bonchev–Trinajstić information content (AvgIpc) is 3.28. The van der Waals surface area contributed by atoms with Gasteiger partial charge in [0, 0.05) is 10.4 Å². The normalized spacial score (nSPS) is 20.9. The Morgan fingerprint density at radius 3 is 2.82 bits per heavy atom. The molecule has 1 aliphatic carbocycles. The zero-order chi connectivity index (χ0) is 19.4. The zero-order valence-corrected chi connectivity index (χ0v) is 17.5.